The number of hydrogen-bond donors (Lipinski definition) is 2. The molecule has 0 atom stereocenters. The Hall–Kier alpha value is -1.63. The highest BCUT2D eigenvalue weighted by atomic mass is 19.3. The molecule has 1 rings (SSSR count). The van der Waals surface area contributed by atoms with E-state index >= 15 is 0 Å². The van der Waals surface area contributed by atoms with Crippen molar-refractivity contribution < 1.29 is 22.4 Å². The van der Waals surface area contributed by atoms with Crippen LogP contribution in [0.5, 0.6) is 0 Å². The van der Waals surface area contributed by atoms with Crippen molar-refractivity contribution in [2.24, 2.45) is 5.73 Å². The topological polar surface area (TPSA) is 55.1 Å². The lowest BCUT2D eigenvalue weighted by molar-refractivity contribution is -0.122. The predicted molar refractivity (Wildman–Crippen MR) is 57.1 cm³/mol. The van der Waals surface area contributed by atoms with E-state index in [0.717, 1.165) is 6.07 Å². The molecule has 0 aromatic heterocycles. The van der Waals surface area contributed by atoms with Gasteiger partial charge in [-0.1, -0.05) is 12.1 Å². The van der Waals surface area contributed by atoms with Crippen LogP contribution in [0.4, 0.5) is 17.6 Å². The summed E-state index contributed by atoms with van der Waals surface area (Å²) in [6.45, 7) is -1.83. The molecular formula is C11H12F4N2O. The van der Waals surface area contributed by atoms with Gasteiger partial charge in [-0.2, -0.15) is 0 Å². The number of nitrogens with one attached hydrogen (secondary N) is 1. The molecular weight excluding hydrogens is 252 g/mol. The fraction of sp³-hybridized carbons (Fsp3) is 0.364. The fourth-order valence-corrected chi connectivity index (χ4v) is 1.22. The Kier molecular flexibility index (Phi) is 4.66. The number of alkyl halides is 2. The molecule has 7 heteroatoms. The SMILES string of the molecule is NCC(F)(F)CNC(=O)Cc1cccc(F)c1F. The van der Waals surface area contributed by atoms with Gasteiger partial charge in [0.2, 0.25) is 5.91 Å². The van der Waals surface area contributed by atoms with Crippen LogP contribution in [0.2, 0.25) is 0 Å². The number of carbonyl (C=O) groups excluding carboxylic acids is 1. The Labute approximate surface area is 101 Å². The molecule has 3 N–H and O–H groups in total. The Morgan fingerprint density at radius 2 is 2.00 bits per heavy atom. The third-order valence-corrected chi connectivity index (χ3v) is 2.23. The quantitative estimate of drug-likeness (QED) is 0.786. The first kappa shape index (κ1) is 14.4. The summed E-state index contributed by atoms with van der Waals surface area (Å²) in [5, 5.41) is 1.91. The molecule has 0 aliphatic rings. The molecule has 0 aliphatic heterocycles. The summed E-state index contributed by atoms with van der Waals surface area (Å²) in [7, 11) is 0. The van der Waals surface area contributed by atoms with E-state index in [9.17, 15) is 22.4 Å². The first-order valence-corrected chi connectivity index (χ1v) is 5.13. The predicted octanol–water partition coefficient (Wildman–Crippen LogP) is 1.22. The maximum Gasteiger partial charge on any atom is 0.277 e. The monoisotopic (exact) mass is 264 g/mol. The first-order chi connectivity index (χ1) is 8.35. The van der Waals surface area contributed by atoms with Gasteiger partial charge in [-0.3, -0.25) is 4.79 Å². The highest BCUT2D eigenvalue weighted by Crippen LogP contribution is 2.12. The molecule has 0 fully saturated rings. The normalized spacial score (nSPS) is 11.4. The molecule has 3 nitrogen and oxygen atoms in total. The standard InChI is InChI=1S/C11H12F4N2O/c12-8-3-1-2-7(10(8)13)4-9(18)17-6-11(14,15)5-16/h1-3H,4-6,16H2,(H,17,18). The molecule has 100 valence electrons. The van der Waals surface area contributed by atoms with Crippen LogP contribution in [0.15, 0.2) is 18.2 Å². The van der Waals surface area contributed by atoms with Gasteiger partial charge in [0, 0.05) is 5.56 Å². The third-order valence-electron chi connectivity index (χ3n) is 2.23. The Morgan fingerprint density at radius 3 is 2.61 bits per heavy atom. The van der Waals surface area contributed by atoms with E-state index in [1.807, 2.05) is 5.32 Å². The number of amides is 1. The molecule has 0 heterocycles. The summed E-state index contributed by atoms with van der Waals surface area (Å²) >= 11 is 0. The molecule has 0 bridgehead atoms. The van der Waals surface area contributed by atoms with Crippen molar-refractivity contribution in [3.05, 3.63) is 35.4 Å². The highest BCUT2D eigenvalue weighted by molar-refractivity contribution is 5.78. The largest absolute Gasteiger partial charge is 0.350 e. The van der Waals surface area contributed by atoms with Crippen molar-refractivity contribution in [3.63, 3.8) is 0 Å². The zero-order valence-corrected chi connectivity index (χ0v) is 9.35. The summed E-state index contributed by atoms with van der Waals surface area (Å²) < 4.78 is 51.4. The minimum Gasteiger partial charge on any atom is -0.350 e. The smallest absolute Gasteiger partial charge is 0.277 e. The van der Waals surface area contributed by atoms with Crippen LogP contribution in [0.1, 0.15) is 5.56 Å². The van der Waals surface area contributed by atoms with Gasteiger partial charge in [0.15, 0.2) is 11.6 Å². The highest BCUT2D eigenvalue weighted by Gasteiger charge is 2.27. The van der Waals surface area contributed by atoms with Gasteiger partial charge in [-0.15, -0.1) is 0 Å². The van der Waals surface area contributed by atoms with E-state index in [4.69, 9.17) is 5.73 Å². The minimum absolute atomic E-state index is 0.191. The van der Waals surface area contributed by atoms with Crippen molar-refractivity contribution >= 4 is 5.91 Å². The first-order valence-electron chi connectivity index (χ1n) is 5.13. The number of nitrogens with two attached hydrogens (primary N) is 1. The molecule has 18 heavy (non-hydrogen) atoms. The van der Waals surface area contributed by atoms with Crippen LogP contribution in [0.3, 0.4) is 0 Å². The van der Waals surface area contributed by atoms with E-state index in [2.05, 4.69) is 0 Å². The third kappa shape index (κ3) is 3.99. The van der Waals surface area contributed by atoms with E-state index in [0.29, 0.717) is 0 Å². The molecule has 1 amide bonds. The van der Waals surface area contributed by atoms with Gasteiger partial charge in [0.1, 0.15) is 0 Å². The molecule has 0 aliphatic carbocycles. The number of benzene rings is 1. The summed E-state index contributed by atoms with van der Waals surface area (Å²) in [5.41, 5.74) is 4.59. The van der Waals surface area contributed by atoms with Crippen molar-refractivity contribution in [2.45, 2.75) is 12.3 Å². The summed E-state index contributed by atoms with van der Waals surface area (Å²) in [4.78, 5) is 11.3. The lowest BCUT2D eigenvalue weighted by atomic mass is 10.1. The fourth-order valence-electron chi connectivity index (χ4n) is 1.22. The second kappa shape index (κ2) is 5.81. The molecule has 0 unspecified atom stereocenters. The van der Waals surface area contributed by atoms with Crippen molar-refractivity contribution in [3.8, 4) is 0 Å². The van der Waals surface area contributed by atoms with E-state index in [-0.39, 0.29) is 5.56 Å². The molecule has 0 radical (unpaired) electrons. The minimum atomic E-state index is -3.21. The van der Waals surface area contributed by atoms with Gasteiger partial charge in [0.05, 0.1) is 19.5 Å². The summed E-state index contributed by atoms with van der Waals surface area (Å²) in [6.07, 6.45) is -0.510. The Morgan fingerprint density at radius 1 is 1.33 bits per heavy atom. The molecule has 0 spiro atoms. The number of carbonyl (C=O) groups is 1. The maximum absolute atomic E-state index is 13.2. The molecule has 0 saturated carbocycles. The van der Waals surface area contributed by atoms with Crippen LogP contribution in [-0.2, 0) is 11.2 Å². The van der Waals surface area contributed by atoms with Crippen LogP contribution in [0.25, 0.3) is 0 Å². The Balaban J connectivity index is 2.58. The molecule has 1 aromatic carbocycles. The Bertz CT molecular complexity index is 437. The van der Waals surface area contributed by atoms with Gasteiger partial charge < -0.3 is 11.1 Å². The summed E-state index contributed by atoms with van der Waals surface area (Å²) in [5.74, 6) is -6.28. The zero-order chi connectivity index (χ0) is 13.8. The average molecular weight is 264 g/mol. The molecule has 0 saturated heterocycles. The molecule has 1 aromatic rings. The lowest BCUT2D eigenvalue weighted by Gasteiger charge is -2.14. The van der Waals surface area contributed by atoms with Gasteiger partial charge in [0.25, 0.3) is 5.92 Å². The van der Waals surface area contributed by atoms with Crippen LogP contribution in [-0.4, -0.2) is 24.9 Å². The number of hydrogen-bond acceptors (Lipinski definition) is 2. The van der Waals surface area contributed by atoms with Crippen molar-refractivity contribution in [1.82, 2.24) is 5.32 Å². The van der Waals surface area contributed by atoms with E-state index in [1.165, 1.54) is 12.1 Å². The number of halogens is 4. The van der Waals surface area contributed by atoms with Crippen molar-refractivity contribution in [1.29, 1.82) is 0 Å². The van der Waals surface area contributed by atoms with E-state index in [1.54, 1.807) is 0 Å². The van der Waals surface area contributed by atoms with E-state index < -0.39 is 43.0 Å². The maximum atomic E-state index is 13.2. The zero-order valence-electron chi connectivity index (χ0n) is 9.35. The van der Waals surface area contributed by atoms with Gasteiger partial charge >= 0.3 is 0 Å². The van der Waals surface area contributed by atoms with Crippen LogP contribution in [0, 0.1) is 11.6 Å². The summed E-state index contributed by atoms with van der Waals surface area (Å²) in [6, 6.07) is 3.34. The second-order valence-electron chi connectivity index (χ2n) is 3.73. The average Bonchev–Trinajstić information content (AvgIpc) is 2.33. The number of rotatable bonds is 5. The second-order valence-corrected chi connectivity index (χ2v) is 3.73. The van der Waals surface area contributed by atoms with Crippen molar-refractivity contribution in [2.75, 3.05) is 13.1 Å². The van der Waals surface area contributed by atoms with Crippen LogP contribution < -0.4 is 11.1 Å². The van der Waals surface area contributed by atoms with Gasteiger partial charge in [-0.25, -0.2) is 17.6 Å². The lowest BCUT2D eigenvalue weighted by Crippen LogP contribution is -2.42. The van der Waals surface area contributed by atoms with Crippen LogP contribution >= 0.6 is 0 Å². The van der Waals surface area contributed by atoms with Gasteiger partial charge in [-0.05, 0) is 6.07 Å².